The molecule has 12 saturated carbocycles. The number of hydrogen-bond donors (Lipinski definition) is 8. The molecule has 0 aromatic rings. The zero-order chi connectivity index (χ0) is 64.8. The van der Waals surface area contributed by atoms with Crippen LogP contribution >= 0.6 is 0 Å². The Bertz CT molecular complexity index is 2610. The van der Waals surface area contributed by atoms with Crippen LogP contribution in [0.2, 0.25) is 0 Å². The van der Waals surface area contributed by atoms with Gasteiger partial charge in [-0.1, -0.05) is 109 Å². The molecule has 0 heterocycles. The summed E-state index contributed by atoms with van der Waals surface area (Å²) in [5.74, 6) is 9.72. The van der Waals surface area contributed by atoms with Gasteiger partial charge in [-0.05, 0) is 312 Å². The predicted octanol–water partition coefficient (Wildman–Crippen LogP) is 15.2. The van der Waals surface area contributed by atoms with Crippen molar-refractivity contribution < 1.29 is 60.8 Å². The normalized spacial score (nSPS) is 50.3. The van der Waals surface area contributed by atoms with Crippen LogP contribution in [0, 0.1) is 145 Å². The topological polar surface area (TPSA) is 239 Å². The van der Waals surface area contributed by atoms with Crippen molar-refractivity contribution in [3.05, 3.63) is 0 Å². The van der Waals surface area contributed by atoms with Crippen molar-refractivity contribution in [3.63, 3.8) is 0 Å². The molecular weight excluding hydrogens is 1170 g/mol. The van der Waals surface area contributed by atoms with E-state index in [0.717, 1.165) is 120 Å². The molecule has 0 amide bonds. The maximum absolute atomic E-state index is 11.7. The second-order valence-corrected chi connectivity index (χ2v) is 38.2. The molecule has 13 nitrogen and oxygen atoms in total. The van der Waals surface area contributed by atoms with Crippen LogP contribution in [0.1, 0.15) is 276 Å². The first-order chi connectivity index (χ1) is 41.7. The van der Waals surface area contributed by atoms with Gasteiger partial charge in [0.15, 0.2) is 0 Å². The molecule has 0 saturated heterocycles. The maximum Gasteiger partial charge on any atom is 0.397 e. The Morgan fingerprint density at radius 1 is 0.433 bits per heavy atom. The van der Waals surface area contributed by atoms with Gasteiger partial charge in [-0.3, -0.25) is 9.11 Å². The lowest BCUT2D eigenvalue weighted by atomic mass is 9.41. The fourth-order valence-corrected chi connectivity index (χ4v) is 28.2. The molecule has 12 aliphatic carbocycles. The van der Waals surface area contributed by atoms with Crippen LogP contribution in [0.3, 0.4) is 0 Å². The first-order valence-corrected chi connectivity index (χ1v) is 40.3. The first-order valence-electron chi connectivity index (χ1n) is 37.3. The molecule has 0 spiro atoms. The number of hydrogen-bond acceptors (Lipinski definition) is 11. The molecule has 12 aliphatic rings. The van der Waals surface area contributed by atoms with Gasteiger partial charge in [-0.15, -0.1) is 0 Å². The lowest BCUT2D eigenvalue weighted by Gasteiger charge is -2.64. The standard InChI is InChI=1S/C25H44O6S.C25H44O2.C24H42O5S.CH4/c1-5-17-21-14-16(26)8-11-25(21,4)20-9-12-24(3)18(6-7-19(24)22(20)23(17)27)15(2)10-13-31-32(28,29)30;1-5-6-7-16(2)19-8-9-20-23-21(11-13-25(19,20)4)24(3)12-10-18(26)14-17(24)15-22(23)27;1-15(5-4-12-30(27,28)29)18-6-7-19-22-20(9-11-24(18,19)3)23(2)10-8-17(25)13-16(23)14-21(22)26;/h15-23,26-27H,5-14H2,1-4H3,(H,28,29,30);16-23,26-27H,5-15H2,1-4H3;15-22,25-26H,4-14H2,1-3H3,(H,27,28,29);1H4/t15-,16-,17-,18?,19?,20?,21+,22?,23-,24-,25-;16-,17+,18-,19?,20?,21?,22-,23?,24+,25-;15-,16+,17-,18?,19?,20?,21-,22?,23+,24-;/m111./s1. The molecular formula is C75H134O13S2. The van der Waals surface area contributed by atoms with E-state index in [1.807, 2.05) is 0 Å². The first kappa shape index (κ1) is 73.8. The van der Waals surface area contributed by atoms with Crippen LogP contribution in [0.5, 0.6) is 0 Å². The molecule has 31 atom stereocenters. The highest BCUT2D eigenvalue weighted by molar-refractivity contribution is 7.85. The van der Waals surface area contributed by atoms with Gasteiger partial charge in [0.1, 0.15) is 0 Å². The lowest BCUT2D eigenvalue weighted by Crippen LogP contribution is -2.62. The minimum Gasteiger partial charge on any atom is -0.393 e. The fourth-order valence-electron chi connectivity index (χ4n) is 27.3. The van der Waals surface area contributed by atoms with Crippen LogP contribution in [0.25, 0.3) is 0 Å². The van der Waals surface area contributed by atoms with Crippen LogP contribution < -0.4 is 0 Å². The molecule has 0 aromatic heterocycles. The SMILES string of the molecule is C.CCCC[C@@H](C)C1CCC2C3C(CC[C@@]21C)[C@@]1(C)CC[C@@H](O)C[C@H]1C[C@H]3O.CC[C@H]1[C@@H](O)C2C3CCC([C@H](C)CCOS(=O)(=O)O)[C@@]3(C)CCC2[C@@]2(C)CC[C@@H](O)C[C@@H]12.C[C@H](CCCS(=O)(=O)O)C1CCC2C3C(CC[C@@]21C)[C@@]1(C)CC[C@@H](O)C[C@H]1C[C@H]3O. The van der Waals surface area contributed by atoms with Gasteiger partial charge in [0.05, 0.1) is 49.0 Å². The van der Waals surface area contributed by atoms with Crippen LogP contribution in [0.15, 0.2) is 0 Å². The van der Waals surface area contributed by atoms with E-state index in [-0.39, 0.29) is 84.0 Å². The third kappa shape index (κ3) is 13.7. The summed E-state index contributed by atoms with van der Waals surface area (Å²) in [4.78, 5) is 0. The highest BCUT2D eigenvalue weighted by atomic mass is 32.3. The van der Waals surface area contributed by atoms with Crippen molar-refractivity contribution in [2.75, 3.05) is 12.4 Å². The van der Waals surface area contributed by atoms with Crippen molar-refractivity contribution in [2.24, 2.45) is 145 Å². The molecule has 0 radical (unpaired) electrons. The fraction of sp³-hybridized carbons (Fsp3) is 1.00. The van der Waals surface area contributed by atoms with E-state index in [4.69, 9.17) is 9.11 Å². The summed E-state index contributed by atoms with van der Waals surface area (Å²) in [5, 5.41) is 65.2. The monoisotopic (exact) mass is 1310 g/mol. The summed E-state index contributed by atoms with van der Waals surface area (Å²) in [6.07, 6.45) is 30.9. The summed E-state index contributed by atoms with van der Waals surface area (Å²) in [6, 6.07) is 0. The van der Waals surface area contributed by atoms with Crippen LogP contribution in [-0.4, -0.2) is 106 Å². The molecule has 524 valence electrons. The Hall–Kier alpha value is -0.460. The largest absolute Gasteiger partial charge is 0.397 e. The van der Waals surface area contributed by atoms with Crippen molar-refractivity contribution >= 4 is 20.5 Å². The van der Waals surface area contributed by atoms with Gasteiger partial charge in [-0.25, -0.2) is 4.18 Å². The van der Waals surface area contributed by atoms with Gasteiger partial charge < -0.3 is 30.6 Å². The zero-order valence-electron chi connectivity index (χ0n) is 57.5. The summed E-state index contributed by atoms with van der Waals surface area (Å²) < 4.78 is 66.6. The average Bonchev–Trinajstić information content (AvgIpc) is 1.77. The molecule has 0 aliphatic heterocycles. The van der Waals surface area contributed by atoms with Crippen LogP contribution in [0.4, 0.5) is 0 Å². The Kier molecular flexibility index (Phi) is 23.0. The number of unbranched alkanes of at least 4 members (excludes halogenated alkanes) is 1. The predicted molar refractivity (Wildman–Crippen MR) is 359 cm³/mol. The highest BCUT2D eigenvalue weighted by Crippen LogP contribution is 2.73. The molecule has 8 N–H and O–H groups in total. The zero-order valence-corrected chi connectivity index (χ0v) is 59.1. The molecule has 0 bridgehead atoms. The number of aliphatic hydroxyl groups excluding tert-OH is 6. The minimum absolute atomic E-state index is 0. The van der Waals surface area contributed by atoms with Gasteiger partial charge in [0, 0.05) is 0 Å². The van der Waals surface area contributed by atoms with Gasteiger partial charge in [-0.2, -0.15) is 16.8 Å². The third-order valence-electron chi connectivity index (χ3n) is 31.9. The second kappa shape index (κ2) is 28.0. The minimum atomic E-state index is -4.39. The van der Waals surface area contributed by atoms with Crippen molar-refractivity contribution in [1.82, 2.24) is 0 Å². The molecule has 15 heteroatoms. The average molecular weight is 1310 g/mol. The molecule has 12 fully saturated rings. The lowest BCUT2D eigenvalue weighted by molar-refractivity contribution is -0.203. The van der Waals surface area contributed by atoms with Crippen molar-refractivity contribution in [2.45, 2.75) is 313 Å². The molecule has 0 aromatic carbocycles. The number of rotatable bonds is 15. The Morgan fingerprint density at radius 3 is 1.21 bits per heavy atom. The van der Waals surface area contributed by atoms with Crippen molar-refractivity contribution in [3.8, 4) is 0 Å². The Balaban J connectivity index is 0.000000160. The summed E-state index contributed by atoms with van der Waals surface area (Å²) in [6.45, 7) is 26.4. The maximum atomic E-state index is 11.7. The quantitative estimate of drug-likeness (QED) is 0.0713. The third-order valence-corrected chi connectivity index (χ3v) is 33.1. The van der Waals surface area contributed by atoms with Gasteiger partial charge in [0.2, 0.25) is 0 Å². The number of fused-ring (bicyclic) bond motifs is 15. The highest BCUT2D eigenvalue weighted by Gasteiger charge is 2.67. The number of aliphatic hydroxyl groups is 6. The van der Waals surface area contributed by atoms with Gasteiger partial charge >= 0.3 is 10.4 Å². The van der Waals surface area contributed by atoms with E-state index in [1.54, 1.807) is 0 Å². The molecule has 12 unspecified atom stereocenters. The molecule has 12 rings (SSSR count). The smallest absolute Gasteiger partial charge is 0.393 e. The second-order valence-electron chi connectivity index (χ2n) is 35.6. The van der Waals surface area contributed by atoms with E-state index in [9.17, 15) is 47.5 Å². The van der Waals surface area contributed by atoms with Crippen LogP contribution in [-0.2, 0) is 24.7 Å². The summed E-state index contributed by atoms with van der Waals surface area (Å²) in [5.41, 5.74) is 1.64. The summed E-state index contributed by atoms with van der Waals surface area (Å²) >= 11 is 0. The van der Waals surface area contributed by atoms with E-state index in [2.05, 4.69) is 80.3 Å². The van der Waals surface area contributed by atoms with E-state index >= 15 is 0 Å². The van der Waals surface area contributed by atoms with E-state index in [1.165, 1.54) is 77.0 Å². The molecule has 90 heavy (non-hydrogen) atoms. The van der Waals surface area contributed by atoms with E-state index < -0.39 is 20.5 Å². The summed E-state index contributed by atoms with van der Waals surface area (Å²) in [7, 11) is -8.27. The van der Waals surface area contributed by atoms with Crippen molar-refractivity contribution in [1.29, 1.82) is 0 Å². The van der Waals surface area contributed by atoms with E-state index in [0.29, 0.717) is 112 Å². The van der Waals surface area contributed by atoms with Gasteiger partial charge in [0.25, 0.3) is 10.1 Å². The Labute approximate surface area is 548 Å². The Morgan fingerprint density at radius 2 is 0.800 bits per heavy atom.